The molecule has 19 nitrogen and oxygen atoms in total. The number of anilines is 1. The molecule has 9 N–H and O–H groups in total. The van der Waals surface area contributed by atoms with Gasteiger partial charge in [-0.2, -0.15) is 0 Å². The van der Waals surface area contributed by atoms with E-state index in [1.165, 1.54) is 34.1 Å². The van der Waals surface area contributed by atoms with Gasteiger partial charge in [0.05, 0.1) is 16.3 Å². The number of halogens is 2. The normalized spacial score (nSPS) is 17.9. The van der Waals surface area contributed by atoms with E-state index < -0.39 is 85.3 Å². The number of phenols is 2. The number of amides is 7. The molecular formula is C33H34BClFN6O13P. The average Bonchev–Trinajstić information content (AvgIpc) is 3.53. The predicted octanol–water partition coefficient (Wildman–Crippen LogP) is 1.72. The van der Waals surface area contributed by atoms with Gasteiger partial charge in [-0.1, -0.05) is 29.8 Å². The molecule has 0 spiro atoms. The first kappa shape index (κ1) is 40.1. The fraction of sp³-hybridized carbons (Fsp3) is 0.303. The monoisotopic (exact) mass is 818 g/mol. The largest absolute Gasteiger partial charge is 0.547 e. The standard InChI is InChI=1S/C33H34BClFN6O13P/c35-21-14-18(15-23(43)27(21)44)37-31(48)40-9-7-19(8-10-40)41-11-12-42(33(41)50)32(49)39-26(16-1-4-20(5-2-16)56(52,53)54)29(45)38-24-13-17-3-6-22(36)25(30(46)47)28(17)55-34(24)51/h1-6,14-15,19,24,26,43-44,51H,7-13H2,(H,37,48)(H,38,45)(H,39,49)(H,46,47)(H2,52,53,54)/t24-,26?/m0/s1. The maximum atomic E-state index is 14.2. The zero-order valence-corrected chi connectivity index (χ0v) is 30.6. The number of phenolic OH excluding ortho intramolecular Hbond substituents is 2. The molecule has 0 bridgehead atoms. The van der Waals surface area contributed by atoms with Gasteiger partial charge in [-0.25, -0.2) is 28.5 Å². The highest BCUT2D eigenvalue weighted by atomic mass is 35.5. The molecule has 0 radical (unpaired) electrons. The van der Waals surface area contributed by atoms with Gasteiger partial charge in [-0.15, -0.1) is 0 Å². The Labute approximate surface area is 321 Å². The lowest BCUT2D eigenvalue weighted by molar-refractivity contribution is -0.123. The van der Waals surface area contributed by atoms with Crippen LogP contribution in [0.15, 0.2) is 48.5 Å². The molecule has 2 saturated heterocycles. The average molecular weight is 819 g/mol. The van der Waals surface area contributed by atoms with Crippen molar-refractivity contribution in [2.45, 2.75) is 37.3 Å². The fourth-order valence-corrected chi connectivity index (χ4v) is 7.46. The van der Waals surface area contributed by atoms with Gasteiger partial charge >= 0.3 is 38.8 Å². The van der Waals surface area contributed by atoms with Crippen molar-refractivity contribution >= 4 is 67.3 Å². The molecule has 0 saturated carbocycles. The quantitative estimate of drug-likeness (QED) is 0.0679. The molecular weight excluding hydrogens is 785 g/mol. The number of hydrogen-bond donors (Lipinski definition) is 9. The molecule has 3 aromatic carbocycles. The van der Waals surface area contributed by atoms with Gasteiger partial charge in [0.1, 0.15) is 23.2 Å². The summed E-state index contributed by atoms with van der Waals surface area (Å²) in [6.07, 6.45) is 0.487. The smallest absolute Gasteiger partial charge is 0.534 e. The van der Waals surface area contributed by atoms with Crippen LogP contribution >= 0.6 is 19.2 Å². The van der Waals surface area contributed by atoms with E-state index in [0.29, 0.717) is 12.8 Å². The molecule has 6 rings (SSSR count). The zero-order chi connectivity index (χ0) is 40.6. The van der Waals surface area contributed by atoms with Gasteiger partial charge in [0.25, 0.3) is 0 Å². The summed E-state index contributed by atoms with van der Waals surface area (Å²) >= 11 is 5.87. The van der Waals surface area contributed by atoms with Crippen molar-refractivity contribution in [2.24, 2.45) is 0 Å². The second-order valence-electron chi connectivity index (χ2n) is 13.2. The van der Waals surface area contributed by atoms with Gasteiger partial charge in [-0.05, 0) is 54.7 Å². The van der Waals surface area contributed by atoms with Crippen LogP contribution in [0.2, 0.25) is 5.02 Å². The van der Waals surface area contributed by atoms with Gasteiger partial charge in [0.2, 0.25) is 5.91 Å². The highest BCUT2D eigenvalue weighted by Crippen LogP contribution is 2.37. The van der Waals surface area contributed by atoms with Crippen LogP contribution in [0.4, 0.5) is 24.5 Å². The SMILES string of the molecule is O=C(O)c1c(F)ccc2c1OB(O)[C@@H](NC(=O)C(NC(=O)N1CCN(C3CCN(C(=O)Nc4cc(O)c(O)c(Cl)c4)CC3)C1=O)c1ccc(P(=O)(O)O)cc1)C2. The zero-order valence-electron chi connectivity index (χ0n) is 29.0. The number of benzene rings is 3. The van der Waals surface area contributed by atoms with Crippen LogP contribution in [-0.2, 0) is 15.8 Å². The summed E-state index contributed by atoms with van der Waals surface area (Å²) in [5, 5.41) is 46.6. The molecule has 0 aliphatic carbocycles. The maximum absolute atomic E-state index is 14.2. The minimum Gasteiger partial charge on any atom is -0.534 e. The second-order valence-corrected chi connectivity index (χ2v) is 15.2. The highest BCUT2D eigenvalue weighted by molar-refractivity contribution is 7.60. The summed E-state index contributed by atoms with van der Waals surface area (Å²) in [4.78, 5) is 88.4. The van der Waals surface area contributed by atoms with Crippen LogP contribution < -0.4 is 25.9 Å². The summed E-state index contributed by atoms with van der Waals surface area (Å²) in [7, 11) is -6.55. The molecule has 23 heteroatoms. The third kappa shape index (κ3) is 8.31. The fourth-order valence-electron chi connectivity index (χ4n) is 6.71. The van der Waals surface area contributed by atoms with Crippen LogP contribution in [0.25, 0.3) is 0 Å². The number of nitrogens with zero attached hydrogens (tertiary/aromatic N) is 3. The van der Waals surface area contributed by atoms with Crippen molar-refractivity contribution in [3.8, 4) is 17.2 Å². The molecule has 3 aromatic rings. The van der Waals surface area contributed by atoms with Crippen molar-refractivity contribution in [1.82, 2.24) is 25.3 Å². The van der Waals surface area contributed by atoms with Crippen molar-refractivity contribution in [3.05, 3.63) is 76.1 Å². The molecule has 3 aliphatic rings. The van der Waals surface area contributed by atoms with Gasteiger partial charge < -0.3 is 60.5 Å². The number of carbonyl (C=O) groups is 5. The summed E-state index contributed by atoms with van der Waals surface area (Å²) in [5.74, 6) is -6.39. The first-order chi connectivity index (χ1) is 26.4. The van der Waals surface area contributed by atoms with Crippen LogP contribution in [0.3, 0.4) is 0 Å². The van der Waals surface area contributed by atoms with Crippen molar-refractivity contribution in [1.29, 1.82) is 0 Å². The molecule has 2 atom stereocenters. The molecule has 2 fully saturated rings. The number of piperidine rings is 1. The number of likely N-dealkylation sites (tertiary alicyclic amines) is 1. The third-order valence-electron chi connectivity index (χ3n) is 9.62. The summed E-state index contributed by atoms with van der Waals surface area (Å²) in [5.41, 5.74) is -0.463. The Balaban J connectivity index is 1.12. The Bertz CT molecular complexity index is 2110. The van der Waals surface area contributed by atoms with Gasteiger partial charge in [0, 0.05) is 44.0 Å². The molecule has 7 amide bonds. The minimum absolute atomic E-state index is 0.0360. The molecule has 56 heavy (non-hydrogen) atoms. The second kappa shape index (κ2) is 15.9. The van der Waals surface area contributed by atoms with E-state index in [2.05, 4.69) is 16.0 Å². The number of carboxylic acids is 1. The number of urea groups is 3. The van der Waals surface area contributed by atoms with E-state index in [-0.39, 0.29) is 65.8 Å². The Morgan fingerprint density at radius 2 is 1.66 bits per heavy atom. The lowest BCUT2D eigenvalue weighted by Crippen LogP contribution is -2.56. The molecule has 1 unspecified atom stereocenters. The lowest BCUT2D eigenvalue weighted by atomic mass is 9.72. The number of carbonyl (C=O) groups excluding carboxylic acids is 4. The number of hydrogen-bond acceptors (Lipinski definition) is 10. The van der Waals surface area contributed by atoms with Crippen LogP contribution in [-0.4, -0.2) is 120 Å². The number of fused-ring (bicyclic) bond motifs is 1. The van der Waals surface area contributed by atoms with E-state index in [4.69, 9.17) is 16.3 Å². The number of carboxylic acid groups (broad SMARTS) is 1. The number of rotatable bonds is 8. The van der Waals surface area contributed by atoms with E-state index >= 15 is 0 Å². The Morgan fingerprint density at radius 1 is 0.982 bits per heavy atom. The first-order valence-electron chi connectivity index (χ1n) is 16.9. The van der Waals surface area contributed by atoms with Gasteiger partial charge in [-0.3, -0.25) is 9.36 Å². The third-order valence-corrected chi connectivity index (χ3v) is 10.9. The van der Waals surface area contributed by atoms with Gasteiger partial charge in [0.15, 0.2) is 11.5 Å². The van der Waals surface area contributed by atoms with Crippen LogP contribution in [0.1, 0.15) is 40.4 Å². The molecule has 3 aliphatic heterocycles. The van der Waals surface area contributed by atoms with Crippen molar-refractivity contribution in [2.75, 3.05) is 31.5 Å². The first-order valence-corrected chi connectivity index (χ1v) is 18.9. The Kier molecular flexibility index (Phi) is 11.4. The number of nitrogens with one attached hydrogen (secondary N) is 3. The van der Waals surface area contributed by atoms with E-state index in [1.807, 2.05) is 0 Å². The summed E-state index contributed by atoms with van der Waals surface area (Å²) in [6.45, 7) is 0.512. The summed E-state index contributed by atoms with van der Waals surface area (Å²) < 4.78 is 31.3. The Hall–Kier alpha value is -5.60. The van der Waals surface area contributed by atoms with E-state index in [9.17, 15) is 63.1 Å². The number of aromatic carboxylic acids is 1. The predicted molar refractivity (Wildman–Crippen MR) is 194 cm³/mol. The summed E-state index contributed by atoms with van der Waals surface area (Å²) in [6, 6.07) is 4.87. The minimum atomic E-state index is -4.69. The van der Waals surface area contributed by atoms with Crippen LogP contribution in [0.5, 0.6) is 17.2 Å². The topological polar surface area (TPSA) is 279 Å². The molecule has 0 aromatic heterocycles. The van der Waals surface area contributed by atoms with Crippen molar-refractivity contribution in [3.63, 3.8) is 0 Å². The number of imide groups is 1. The number of aromatic hydroxyl groups is 2. The molecule has 296 valence electrons. The van der Waals surface area contributed by atoms with E-state index in [0.717, 1.165) is 29.2 Å². The highest BCUT2D eigenvalue weighted by Gasteiger charge is 2.42. The Morgan fingerprint density at radius 3 is 2.29 bits per heavy atom. The van der Waals surface area contributed by atoms with Crippen LogP contribution in [0, 0.1) is 5.82 Å². The van der Waals surface area contributed by atoms with Crippen molar-refractivity contribution < 1.29 is 67.7 Å². The maximum Gasteiger partial charge on any atom is 0.547 e. The van der Waals surface area contributed by atoms with E-state index in [1.54, 1.807) is 0 Å². The lowest BCUT2D eigenvalue weighted by Gasteiger charge is -2.36. The molecule has 3 heterocycles.